The molecule has 0 saturated carbocycles. The van der Waals surface area contributed by atoms with Crippen molar-refractivity contribution in [2.24, 2.45) is 0 Å². The number of amides is 1. The van der Waals surface area contributed by atoms with E-state index in [9.17, 15) is 13.2 Å². The van der Waals surface area contributed by atoms with Crippen LogP contribution in [0.1, 0.15) is 28.3 Å². The van der Waals surface area contributed by atoms with E-state index < -0.39 is 10.0 Å². The molecule has 168 valence electrons. The third kappa shape index (κ3) is 4.33. The molecule has 0 atom stereocenters. The van der Waals surface area contributed by atoms with Crippen LogP contribution in [0.25, 0.3) is 11.2 Å². The quantitative estimate of drug-likeness (QED) is 0.474. The summed E-state index contributed by atoms with van der Waals surface area (Å²) >= 11 is 0. The Hall–Kier alpha value is -3.69. The molecule has 9 heteroatoms. The number of rotatable bonds is 6. The third-order valence-corrected chi connectivity index (χ3v) is 7.49. The minimum absolute atomic E-state index is 0.215. The van der Waals surface area contributed by atoms with Gasteiger partial charge < -0.3 is 14.1 Å². The molecule has 0 unspecified atom stereocenters. The van der Waals surface area contributed by atoms with Gasteiger partial charge in [-0.15, -0.1) is 0 Å². The molecule has 8 nitrogen and oxygen atoms in total. The van der Waals surface area contributed by atoms with Gasteiger partial charge in [0.2, 0.25) is 10.0 Å². The summed E-state index contributed by atoms with van der Waals surface area (Å²) in [6.07, 6.45) is 7.82. The molecule has 3 aromatic heterocycles. The molecule has 0 bridgehead atoms. The zero-order valence-corrected chi connectivity index (χ0v) is 18.5. The standard InChI is InChI=1S/C24H22N4O4S/c29-24(26-17-18-8-12-27-15-11-25-23(27)16-18)22-7-6-21(32-22)19-9-13-28(14-10-19)33(30,31)20-4-2-1-3-5-20/h1-9,11-12,15-16H,10,13-14,17H2,(H,26,29). The summed E-state index contributed by atoms with van der Waals surface area (Å²) in [5, 5.41) is 2.86. The molecule has 1 aliphatic rings. The van der Waals surface area contributed by atoms with Crippen LogP contribution in [0.3, 0.4) is 0 Å². The molecule has 1 aliphatic heterocycles. The molecular formula is C24H22N4O4S. The molecule has 0 aliphatic carbocycles. The number of pyridine rings is 1. The molecule has 1 aromatic carbocycles. The van der Waals surface area contributed by atoms with Gasteiger partial charge in [0, 0.05) is 38.2 Å². The molecule has 1 N–H and O–H groups in total. The maximum Gasteiger partial charge on any atom is 0.287 e. The van der Waals surface area contributed by atoms with Crippen LogP contribution < -0.4 is 5.32 Å². The summed E-state index contributed by atoms with van der Waals surface area (Å²) in [7, 11) is -3.53. The highest BCUT2D eigenvalue weighted by molar-refractivity contribution is 7.89. The van der Waals surface area contributed by atoms with E-state index in [4.69, 9.17) is 4.42 Å². The van der Waals surface area contributed by atoms with Crippen molar-refractivity contribution in [1.82, 2.24) is 19.0 Å². The molecule has 0 spiro atoms. The van der Waals surface area contributed by atoms with Crippen LogP contribution in [0.15, 0.2) is 88.6 Å². The summed E-state index contributed by atoms with van der Waals surface area (Å²) in [5.74, 6) is 0.483. The van der Waals surface area contributed by atoms with Crippen LogP contribution in [0, 0.1) is 0 Å². The fourth-order valence-electron chi connectivity index (χ4n) is 3.80. The van der Waals surface area contributed by atoms with Crippen LogP contribution in [-0.4, -0.2) is 41.1 Å². The summed E-state index contributed by atoms with van der Waals surface area (Å²) in [5.41, 5.74) is 2.64. The number of nitrogens with one attached hydrogen (secondary N) is 1. The lowest BCUT2D eigenvalue weighted by molar-refractivity contribution is 0.0922. The second-order valence-electron chi connectivity index (χ2n) is 7.73. The highest BCUT2D eigenvalue weighted by atomic mass is 32.2. The number of sulfonamides is 1. The van der Waals surface area contributed by atoms with Crippen LogP contribution >= 0.6 is 0 Å². The van der Waals surface area contributed by atoms with Crippen molar-refractivity contribution in [3.05, 3.63) is 96.3 Å². The number of fused-ring (bicyclic) bond motifs is 1. The van der Waals surface area contributed by atoms with Crippen molar-refractivity contribution in [2.75, 3.05) is 13.1 Å². The highest BCUT2D eigenvalue weighted by Crippen LogP contribution is 2.27. The first-order valence-corrected chi connectivity index (χ1v) is 12.0. The molecule has 0 saturated heterocycles. The lowest BCUT2D eigenvalue weighted by Crippen LogP contribution is -2.34. The second-order valence-corrected chi connectivity index (χ2v) is 9.67. The monoisotopic (exact) mass is 462 g/mol. The van der Waals surface area contributed by atoms with Crippen molar-refractivity contribution in [1.29, 1.82) is 0 Å². The third-order valence-electron chi connectivity index (χ3n) is 5.61. The molecule has 33 heavy (non-hydrogen) atoms. The van der Waals surface area contributed by atoms with Crippen molar-refractivity contribution >= 4 is 27.2 Å². The van der Waals surface area contributed by atoms with Gasteiger partial charge in [-0.1, -0.05) is 24.3 Å². The minimum atomic E-state index is -3.53. The summed E-state index contributed by atoms with van der Waals surface area (Å²) in [4.78, 5) is 17.1. The van der Waals surface area contributed by atoms with Crippen molar-refractivity contribution in [3.8, 4) is 0 Å². The van der Waals surface area contributed by atoms with Crippen LogP contribution in [0.2, 0.25) is 0 Å². The summed E-state index contributed by atoms with van der Waals surface area (Å²) in [6, 6.07) is 15.6. The van der Waals surface area contributed by atoms with E-state index in [1.165, 1.54) is 4.31 Å². The number of carbonyl (C=O) groups excluding carboxylic acids is 1. The Morgan fingerprint density at radius 2 is 1.94 bits per heavy atom. The van der Waals surface area contributed by atoms with Gasteiger partial charge in [-0.3, -0.25) is 4.79 Å². The van der Waals surface area contributed by atoms with E-state index in [2.05, 4.69) is 10.3 Å². The average molecular weight is 463 g/mol. The number of nitrogens with zero attached hydrogens (tertiary/aromatic N) is 3. The van der Waals surface area contributed by atoms with E-state index in [-0.39, 0.29) is 23.1 Å². The van der Waals surface area contributed by atoms with Gasteiger partial charge in [0.05, 0.1) is 4.90 Å². The Labute approximate surface area is 191 Å². The van der Waals surface area contributed by atoms with Gasteiger partial charge >= 0.3 is 0 Å². The van der Waals surface area contributed by atoms with E-state index in [0.29, 0.717) is 25.3 Å². The predicted octanol–water partition coefficient (Wildman–Crippen LogP) is 3.34. The van der Waals surface area contributed by atoms with E-state index in [1.54, 1.807) is 48.7 Å². The van der Waals surface area contributed by atoms with E-state index in [1.807, 2.05) is 35.0 Å². The molecule has 4 aromatic rings. The summed E-state index contributed by atoms with van der Waals surface area (Å²) in [6.45, 7) is 0.958. The fraction of sp³-hybridized carbons (Fsp3) is 0.167. The van der Waals surface area contributed by atoms with Gasteiger partial charge in [-0.2, -0.15) is 4.31 Å². The maximum atomic E-state index is 12.8. The largest absolute Gasteiger partial charge is 0.451 e. The first-order valence-electron chi connectivity index (χ1n) is 10.5. The SMILES string of the molecule is O=C(NCc1ccn2ccnc2c1)c1ccc(C2=CCN(S(=O)(=O)c3ccccc3)CC2)o1. The average Bonchev–Trinajstić information content (AvgIpc) is 3.53. The van der Waals surface area contributed by atoms with Crippen molar-refractivity contribution in [2.45, 2.75) is 17.9 Å². The Kier molecular flexibility index (Phi) is 5.57. The number of furan rings is 1. The van der Waals surface area contributed by atoms with E-state index in [0.717, 1.165) is 16.8 Å². The predicted molar refractivity (Wildman–Crippen MR) is 123 cm³/mol. The molecule has 0 fully saturated rings. The van der Waals surface area contributed by atoms with Gasteiger partial charge in [0.25, 0.3) is 5.91 Å². The van der Waals surface area contributed by atoms with E-state index >= 15 is 0 Å². The Morgan fingerprint density at radius 3 is 2.73 bits per heavy atom. The van der Waals surface area contributed by atoms with Crippen molar-refractivity contribution in [3.63, 3.8) is 0 Å². The number of carbonyl (C=O) groups is 1. The summed E-state index contributed by atoms with van der Waals surface area (Å²) < 4.78 is 34.7. The number of aromatic nitrogens is 2. The Balaban J connectivity index is 1.22. The Morgan fingerprint density at radius 1 is 1.09 bits per heavy atom. The normalized spacial score (nSPS) is 14.8. The molecule has 5 rings (SSSR count). The van der Waals surface area contributed by atoms with Gasteiger partial charge in [-0.05, 0) is 54.0 Å². The second kappa shape index (κ2) is 8.68. The van der Waals surface area contributed by atoms with Crippen molar-refractivity contribution < 1.29 is 17.6 Å². The van der Waals surface area contributed by atoms with Crippen LogP contribution in [0.4, 0.5) is 0 Å². The molecule has 0 radical (unpaired) electrons. The Bertz CT molecular complexity index is 1440. The number of imidazole rings is 1. The smallest absolute Gasteiger partial charge is 0.287 e. The maximum absolute atomic E-state index is 12.8. The van der Waals surface area contributed by atoms with Gasteiger partial charge in [0.1, 0.15) is 11.4 Å². The zero-order valence-electron chi connectivity index (χ0n) is 17.7. The zero-order chi connectivity index (χ0) is 22.8. The lowest BCUT2D eigenvalue weighted by atomic mass is 10.1. The van der Waals surface area contributed by atoms with Gasteiger partial charge in [0.15, 0.2) is 5.76 Å². The topological polar surface area (TPSA) is 96.9 Å². The van der Waals surface area contributed by atoms with Crippen LogP contribution in [-0.2, 0) is 16.6 Å². The fourth-order valence-corrected chi connectivity index (χ4v) is 5.20. The lowest BCUT2D eigenvalue weighted by Gasteiger charge is -2.25. The number of benzene rings is 1. The first kappa shape index (κ1) is 21.2. The minimum Gasteiger partial charge on any atom is -0.451 e. The van der Waals surface area contributed by atoms with Gasteiger partial charge in [-0.25, -0.2) is 13.4 Å². The highest BCUT2D eigenvalue weighted by Gasteiger charge is 2.27. The van der Waals surface area contributed by atoms with Crippen LogP contribution in [0.5, 0.6) is 0 Å². The number of hydrogen-bond donors (Lipinski definition) is 1. The molecule has 1 amide bonds. The first-order chi connectivity index (χ1) is 16.0. The number of hydrogen-bond acceptors (Lipinski definition) is 5. The molecular weight excluding hydrogens is 440 g/mol. The molecule has 4 heterocycles.